The Morgan fingerprint density at radius 1 is 0.968 bits per heavy atom. The van der Waals surface area contributed by atoms with Gasteiger partial charge in [-0.1, -0.05) is 17.3 Å². The molecule has 1 aromatic carbocycles. The first-order valence-electron chi connectivity index (χ1n) is 9.89. The van der Waals surface area contributed by atoms with Crippen LogP contribution < -0.4 is 4.90 Å². The molecule has 0 unspecified atom stereocenters. The molecule has 0 saturated carbocycles. The van der Waals surface area contributed by atoms with Gasteiger partial charge in [-0.25, -0.2) is 18.4 Å². The Morgan fingerprint density at radius 2 is 1.81 bits per heavy atom. The Balaban J connectivity index is 1.42. The lowest BCUT2D eigenvalue weighted by atomic mass is 10.2. The van der Waals surface area contributed by atoms with Gasteiger partial charge in [0.15, 0.2) is 5.82 Å². The molecule has 1 aliphatic heterocycles. The number of sulfonamides is 1. The van der Waals surface area contributed by atoms with E-state index in [4.69, 9.17) is 14.5 Å². The van der Waals surface area contributed by atoms with E-state index in [9.17, 15) is 8.42 Å². The molecule has 5 rings (SSSR count). The molecular formula is C21H20N6O3S. The monoisotopic (exact) mass is 436 g/mol. The van der Waals surface area contributed by atoms with Crippen LogP contribution in [0.4, 0.5) is 5.82 Å². The third-order valence-corrected chi connectivity index (χ3v) is 7.07. The summed E-state index contributed by atoms with van der Waals surface area (Å²) in [4.78, 5) is 15.8. The van der Waals surface area contributed by atoms with Gasteiger partial charge in [0, 0.05) is 55.6 Å². The number of rotatable bonds is 5. The minimum Gasteiger partial charge on any atom is -0.364 e. The molecule has 0 amide bonds. The van der Waals surface area contributed by atoms with Crippen molar-refractivity contribution in [3.63, 3.8) is 0 Å². The van der Waals surface area contributed by atoms with Crippen LogP contribution >= 0.6 is 0 Å². The van der Waals surface area contributed by atoms with Crippen LogP contribution in [0.5, 0.6) is 0 Å². The van der Waals surface area contributed by atoms with E-state index < -0.39 is 10.0 Å². The van der Waals surface area contributed by atoms with Crippen LogP contribution in [0.1, 0.15) is 5.69 Å². The first kappa shape index (κ1) is 19.6. The van der Waals surface area contributed by atoms with E-state index in [0.717, 1.165) is 22.3 Å². The fourth-order valence-electron chi connectivity index (χ4n) is 3.69. The zero-order valence-corrected chi connectivity index (χ0v) is 17.4. The molecule has 3 aromatic heterocycles. The number of pyridine rings is 1. The minimum absolute atomic E-state index is 0.162. The molecular weight excluding hydrogens is 416 g/mol. The number of hydrogen-bond donors (Lipinski definition) is 0. The zero-order valence-electron chi connectivity index (χ0n) is 16.6. The van der Waals surface area contributed by atoms with Crippen LogP contribution in [0.15, 0.2) is 65.6 Å². The maximum absolute atomic E-state index is 12.7. The lowest BCUT2D eigenvalue weighted by Crippen LogP contribution is -2.49. The average molecular weight is 436 g/mol. The maximum atomic E-state index is 12.7. The van der Waals surface area contributed by atoms with Gasteiger partial charge < -0.3 is 9.42 Å². The second kappa shape index (κ2) is 8.05. The molecule has 9 nitrogen and oxygen atoms in total. The van der Waals surface area contributed by atoms with Crippen molar-refractivity contribution in [3.05, 3.63) is 66.8 Å². The van der Waals surface area contributed by atoms with Crippen molar-refractivity contribution in [3.8, 4) is 11.4 Å². The largest absolute Gasteiger partial charge is 0.364 e. The normalized spacial score (nSPS) is 15.4. The third kappa shape index (κ3) is 3.99. The maximum Gasteiger partial charge on any atom is 0.220 e. The summed E-state index contributed by atoms with van der Waals surface area (Å²) in [6.07, 6.45) is 4.83. The number of para-hydroxylation sites is 1. The Bertz CT molecular complexity index is 1290. The van der Waals surface area contributed by atoms with Crippen LogP contribution in [0.3, 0.4) is 0 Å². The highest BCUT2D eigenvalue weighted by Gasteiger charge is 2.29. The molecule has 0 aliphatic carbocycles. The molecule has 0 atom stereocenters. The topological polar surface area (TPSA) is 105 Å². The van der Waals surface area contributed by atoms with Gasteiger partial charge in [-0.2, -0.15) is 4.31 Å². The Kier molecular flexibility index (Phi) is 5.08. The number of benzene rings is 1. The fraction of sp³-hybridized carbons (Fsp3) is 0.238. The predicted molar refractivity (Wildman–Crippen MR) is 116 cm³/mol. The van der Waals surface area contributed by atoms with E-state index in [1.807, 2.05) is 36.4 Å². The van der Waals surface area contributed by atoms with Crippen LogP contribution in [0, 0.1) is 0 Å². The number of piperazine rings is 1. The molecule has 1 fully saturated rings. The molecule has 1 aliphatic rings. The van der Waals surface area contributed by atoms with Crippen molar-refractivity contribution < 1.29 is 12.9 Å². The Hall–Kier alpha value is -3.37. The standard InChI is InChI=1S/C21H20N6O3S/c28-31(29,15-17-7-13-30-25-17)27-11-9-26(10-12-27)21-18-5-1-2-6-19(18)23-20(24-21)16-4-3-8-22-14-16/h1-8,13-14H,9-12,15H2. The van der Waals surface area contributed by atoms with Gasteiger partial charge in [0.2, 0.25) is 10.0 Å². The van der Waals surface area contributed by atoms with Crippen molar-refractivity contribution >= 4 is 26.7 Å². The SMILES string of the molecule is O=S(=O)(Cc1ccon1)N1CCN(c2nc(-c3cccnc3)nc3ccccc23)CC1. The van der Waals surface area contributed by atoms with E-state index >= 15 is 0 Å². The van der Waals surface area contributed by atoms with Crippen molar-refractivity contribution in [2.75, 3.05) is 31.1 Å². The Labute approximate surface area is 179 Å². The van der Waals surface area contributed by atoms with Crippen molar-refractivity contribution in [1.82, 2.24) is 24.4 Å². The molecule has 4 heterocycles. The van der Waals surface area contributed by atoms with E-state index in [0.29, 0.717) is 37.7 Å². The highest BCUT2D eigenvalue weighted by Crippen LogP contribution is 2.28. The van der Waals surface area contributed by atoms with Crippen molar-refractivity contribution in [2.45, 2.75) is 5.75 Å². The molecule has 1 saturated heterocycles. The molecule has 158 valence electrons. The molecule has 0 bridgehead atoms. The quantitative estimate of drug-likeness (QED) is 0.469. The predicted octanol–water partition coefficient (Wildman–Crippen LogP) is 2.33. The summed E-state index contributed by atoms with van der Waals surface area (Å²) in [7, 11) is -3.46. The van der Waals surface area contributed by atoms with E-state index in [1.54, 1.807) is 18.5 Å². The van der Waals surface area contributed by atoms with Gasteiger partial charge in [-0.05, 0) is 24.3 Å². The van der Waals surface area contributed by atoms with Crippen LogP contribution in [0.25, 0.3) is 22.3 Å². The van der Waals surface area contributed by atoms with Gasteiger partial charge in [0.25, 0.3) is 0 Å². The molecule has 0 spiro atoms. The summed E-state index contributed by atoms with van der Waals surface area (Å²) in [5.41, 5.74) is 2.08. The number of aromatic nitrogens is 4. The number of hydrogen-bond acceptors (Lipinski definition) is 8. The highest BCUT2D eigenvalue weighted by atomic mass is 32.2. The molecule has 0 radical (unpaired) electrons. The lowest BCUT2D eigenvalue weighted by Gasteiger charge is -2.35. The third-order valence-electron chi connectivity index (χ3n) is 5.26. The number of fused-ring (bicyclic) bond motifs is 1. The summed E-state index contributed by atoms with van der Waals surface area (Å²) in [6, 6.07) is 13.2. The minimum atomic E-state index is -3.46. The lowest BCUT2D eigenvalue weighted by molar-refractivity contribution is 0.381. The second-order valence-corrected chi connectivity index (χ2v) is 9.23. The van der Waals surface area contributed by atoms with Gasteiger partial charge in [0.05, 0.1) is 11.2 Å². The average Bonchev–Trinajstić information content (AvgIpc) is 3.31. The number of nitrogens with zero attached hydrogens (tertiary/aromatic N) is 6. The molecule has 4 aromatic rings. The smallest absolute Gasteiger partial charge is 0.220 e. The highest BCUT2D eigenvalue weighted by molar-refractivity contribution is 7.88. The second-order valence-electron chi connectivity index (χ2n) is 7.26. The van der Waals surface area contributed by atoms with E-state index in [1.165, 1.54) is 10.6 Å². The summed E-state index contributed by atoms with van der Waals surface area (Å²) in [5.74, 6) is 1.24. The molecule has 31 heavy (non-hydrogen) atoms. The van der Waals surface area contributed by atoms with Gasteiger partial charge in [-0.15, -0.1) is 0 Å². The first-order chi connectivity index (χ1) is 15.1. The summed E-state index contributed by atoms with van der Waals surface area (Å²) in [6.45, 7) is 1.82. The molecule has 10 heteroatoms. The summed E-state index contributed by atoms with van der Waals surface area (Å²) in [5, 5.41) is 4.66. The van der Waals surface area contributed by atoms with Crippen LogP contribution in [0.2, 0.25) is 0 Å². The zero-order chi connectivity index (χ0) is 21.3. The Morgan fingerprint density at radius 3 is 2.55 bits per heavy atom. The van der Waals surface area contributed by atoms with Crippen LogP contribution in [-0.2, 0) is 15.8 Å². The van der Waals surface area contributed by atoms with Crippen molar-refractivity contribution in [2.24, 2.45) is 0 Å². The summed E-state index contributed by atoms with van der Waals surface area (Å²) < 4.78 is 31.7. The van der Waals surface area contributed by atoms with E-state index in [-0.39, 0.29) is 5.75 Å². The van der Waals surface area contributed by atoms with Gasteiger partial charge in [-0.3, -0.25) is 4.98 Å². The van der Waals surface area contributed by atoms with Gasteiger partial charge >= 0.3 is 0 Å². The summed E-state index contributed by atoms with van der Waals surface area (Å²) >= 11 is 0. The van der Waals surface area contributed by atoms with E-state index in [2.05, 4.69) is 15.0 Å². The first-order valence-corrected chi connectivity index (χ1v) is 11.5. The fourth-order valence-corrected chi connectivity index (χ4v) is 5.12. The van der Waals surface area contributed by atoms with Crippen LogP contribution in [-0.4, -0.2) is 59.0 Å². The van der Waals surface area contributed by atoms with Gasteiger partial charge in [0.1, 0.15) is 17.8 Å². The molecule has 0 N–H and O–H groups in total. The number of anilines is 1. The van der Waals surface area contributed by atoms with Crippen molar-refractivity contribution in [1.29, 1.82) is 0 Å².